The van der Waals surface area contributed by atoms with Crippen molar-refractivity contribution in [2.75, 3.05) is 0 Å². The van der Waals surface area contributed by atoms with Gasteiger partial charge >= 0.3 is 0 Å². The second kappa shape index (κ2) is 2.85. The van der Waals surface area contributed by atoms with Gasteiger partial charge in [-0.2, -0.15) is 0 Å². The Labute approximate surface area is 84.1 Å². The summed E-state index contributed by atoms with van der Waals surface area (Å²) in [5.74, 6) is 0.373. The molecule has 0 heterocycles. The number of aromatic hydroxyl groups is 1. The molecule has 14 heavy (non-hydrogen) atoms. The fourth-order valence-corrected chi connectivity index (χ4v) is 1.76. The maximum absolute atomic E-state index is 9.64. The lowest BCUT2D eigenvalue weighted by atomic mass is 9.94. The summed E-state index contributed by atoms with van der Waals surface area (Å²) in [5, 5.41) is 9.64. The molecule has 0 unspecified atom stereocenters. The maximum atomic E-state index is 9.64. The molecule has 1 aromatic carbocycles. The fraction of sp³-hybridized carbons (Fsp3) is 0.333. The molecule has 0 aliphatic heterocycles. The Morgan fingerprint density at radius 1 is 1.36 bits per heavy atom. The van der Waals surface area contributed by atoms with Crippen LogP contribution in [0.2, 0.25) is 0 Å². The highest BCUT2D eigenvalue weighted by molar-refractivity contribution is 5.68. The monoisotopic (exact) mass is 189 g/mol. The first-order valence-corrected chi connectivity index (χ1v) is 4.79. The van der Waals surface area contributed by atoms with Gasteiger partial charge in [0.15, 0.2) is 0 Å². The van der Waals surface area contributed by atoms with Crippen molar-refractivity contribution in [1.82, 2.24) is 0 Å². The minimum absolute atomic E-state index is 0.300. The number of hydrogen-bond acceptors (Lipinski definition) is 2. The van der Waals surface area contributed by atoms with Crippen molar-refractivity contribution in [3.8, 4) is 5.75 Å². The number of nitrogens with two attached hydrogens (primary N) is 1. The van der Waals surface area contributed by atoms with E-state index in [4.69, 9.17) is 5.73 Å². The van der Waals surface area contributed by atoms with Gasteiger partial charge in [0.25, 0.3) is 0 Å². The van der Waals surface area contributed by atoms with Crippen molar-refractivity contribution in [2.24, 2.45) is 5.73 Å². The van der Waals surface area contributed by atoms with Gasteiger partial charge in [0.05, 0.1) is 0 Å². The summed E-state index contributed by atoms with van der Waals surface area (Å²) < 4.78 is 0. The zero-order valence-electron chi connectivity index (χ0n) is 8.54. The Bertz CT molecular complexity index is 399. The molecule has 2 heteroatoms. The Kier molecular flexibility index (Phi) is 1.89. The lowest BCUT2D eigenvalue weighted by Crippen LogP contribution is -2.34. The van der Waals surface area contributed by atoms with Crippen LogP contribution in [0.25, 0.3) is 6.08 Å². The van der Waals surface area contributed by atoms with Crippen LogP contribution in [0.5, 0.6) is 5.75 Å². The summed E-state index contributed by atoms with van der Waals surface area (Å²) in [7, 11) is 0. The van der Waals surface area contributed by atoms with Gasteiger partial charge in [0, 0.05) is 11.1 Å². The molecule has 0 saturated carbocycles. The lowest BCUT2D eigenvalue weighted by Gasteiger charge is -2.20. The van der Waals surface area contributed by atoms with Crippen molar-refractivity contribution in [2.45, 2.75) is 25.8 Å². The van der Waals surface area contributed by atoms with Crippen molar-refractivity contribution in [3.63, 3.8) is 0 Å². The quantitative estimate of drug-likeness (QED) is 0.710. The van der Waals surface area contributed by atoms with E-state index in [2.05, 4.69) is 6.08 Å². The highest BCUT2D eigenvalue weighted by atomic mass is 16.3. The zero-order valence-corrected chi connectivity index (χ0v) is 8.54. The molecular weight excluding hydrogens is 174 g/mol. The van der Waals surface area contributed by atoms with Crippen LogP contribution >= 0.6 is 0 Å². The molecule has 0 atom stereocenters. The minimum atomic E-state index is -0.300. The van der Waals surface area contributed by atoms with Gasteiger partial charge in [-0.15, -0.1) is 0 Å². The van der Waals surface area contributed by atoms with E-state index in [1.54, 1.807) is 6.07 Å². The van der Waals surface area contributed by atoms with Crippen LogP contribution in [0.15, 0.2) is 23.8 Å². The van der Waals surface area contributed by atoms with Gasteiger partial charge in [0.1, 0.15) is 5.75 Å². The van der Waals surface area contributed by atoms with Crippen LogP contribution in [0, 0.1) is 0 Å². The molecular formula is C12H15NO. The molecule has 0 spiro atoms. The minimum Gasteiger partial charge on any atom is -0.508 e. The Balaban J connectivity index is 2.42. The van der Waals surface area contributed by atoms with Crippen LogP contribution in [-0.2, 0) is 6.42 Å². The van der Waals surface area contributed by atoms with Crippen molar-refractivity contribution in [1.29, 1.82) is 0 Å². The van der Waals surface area contributed by atoms with Crippen LogP contribution in [0.1, 0.15) is 25.0 Å². The number of phenolic OH excluding ortho intramolecular Hbond substituents is 1. The summed E-state index contributed by atoms with van der Waals surface area (Å²) >= 11 is 0. The normalized spacial score (nSPS) is 15.2. The van der Waals surface area contributed by atoms with E-state index < -0.39 is 0 Å². The summed E-state index contributed by atoms with van der Waals surface area (Å²) in [6.45, 7) is 3.98. The van der Waals surface area contributed by atoms with E-state index >= 15 is 0 Å². The summed E-state index contributed by atoms with van der Waals surface area (Å²) in [6, 6.07) is 5.59. The highest BCUT2D eigenvalue weighted by Crippen LogP contribution is 2.34. The van der Waals surface area contributed by atoms with E-state index in [9.17, 15) is 5.11 Å². The molecule has 2 rings (SSSR count). The molecule has 0 bridgehead atoms. The van der Waals surface area contributed by atoms with Crippen molar-refractivity contribution >= 4 is 6.08 Å². The largest absolute Gasteiger partial charge is 0.508 e. The molecule has 0 fully saturated rings. The summed E-state index contributed by atoms with van der Waals surface area (Å²) in [5.41, 5.74) is 8.99. The smallest absolute Gasteiger partial charge is 0.119 e. The second-order valence-electron chi connectivity index (χ2n) is 4.41. The van der Waals surface area contributed by atoms with E-state index in [0.717, 1.165) is 17.5 Å². The third-order valence-electron chi connectivity index (χ3n) is 2.71. The lowest BCUT2D eigenvalue weighted by molar-refractivity contribution is 0.468. The SMILES string of the molecule is CC(C)(N)C1=Cc2cccc(O)c2C1. The molecule has 74 valence electrons. The molecule has 1 aliphatic carbocycles. The Hall–Kier alpha value is -1.28. The van der Waals surface area contributed by atoms with Gasteiger partial charge in [0.2, 0.25) is 0 Å². The number of phenols is 1. The number of benzene rings is 1. The van der Waals surface area contributed by atoms with E-state index in [1.165, 1.54) is 5.57 Å². The predicted octanol–water partition coefficient (Wildman–Crippen LogP) is 2.07. The molecule has 1 aliphatic rings. The molecule has 0 aromatic heterocycles. The van der Waals surface area contributed by atoms with Crippen LogP contribution in [0.3, 0.4) is 0 Å². The standard InChI is InChI=1S/C12H15NO/c1-12(2,13)9-6-8-4-3-5-11(14)10(8)7-9/h3-6,14H,7,13H2,1-2H3. The van der Waals surface area contributed by atoms with Crippen LogP contribution < -0.4 is 5.73 Å². The first-order valence-electron chi connectivity index (χ1n) is 4.79. The maximum Gasteiger partial charge on any atom is 0.119 e. The average molecular weight is 189 g/mol. The van der Waals surface area contributed by atoms with Gasteiger partial charge < -0.3 is 10.8 Å². The van der Waals surface area contributed by atoms with Crippen molar-refractivity contribution < 1.29 is 5.11 Å². The zero-order chi connectivity index (χ0) is 10.3. The third-order valence-corrected chi connectivity index (χ3v) is 2.71. The summed E-state index contributed by atoms with van der Waals surface area (Å²) in [6.07, 6.45) is 2.85. The highest BCUT2D eigenvalue weighted by Gasteiger charge is 2.24. The third kappa shape index (κ3) is 1.42. The van der Waals surface area contributed by atoms with Gasteiger partial charge in [-0.25, -0.2) is 0 Å². The molecule has 0 saturated heterocycles. The molecule has 0 radical (unpaired) electrons. The topological polar surface area (TPSA) is 46.2 Å². The van der Waals surface area contributed by atoms with Gasteiger partial charge in [-0.05, 0) is 37.5 Å². The van der Waals surface area contributed by atoms with E-state index in [-0.39, 0.29) is 5.54 Å². The number of hydrogen-bond donors (Lipinski definition) is 2. The summed E-state index contributed by atoms with van der Waals surface area (Å²) in [4.78, 5) is 0. The van der Waals surface area contributed by atoms with E-state index in [0.29, 0.717) is 5.75 Å². The Morgan fingerprint density at radius 3 is 2.64 bits per heavy atom. The first-order chi connectivity index (χ1) is 6.48. The number of fused-ring (bicyclic) bond motifs is 1. The van der Waals surface area contributed by atoms with Crippen LogP contribution in [-0.4, -0.2) is 10.6 Å². The average Bonchev–Trinajstić information content (AvgIpc) is 2.48. The molecule has 0 amide bonds. The number of rotatable bonds is 1. The molecule has 3 N–H and O–H groups in total. The molecule has 1 aromatic rings. The predicted molar refractivity (Wildman–Crippen MR) is 58.1 cm³/mol. The molecule has 2 nitrogen and oxygen atoms in total. The first kappa shape index (κ1) is 9.28. The van der Waals surface area contributed by atoms with Crippen molar-refractivity contribution in [3.05, 3.63) is 34.9 Å². The van der Waals surface area contributed by atoms with Gasteiger partial charge in [-0.1, -0.05) is 18.2 Å². The Morgan fingerprint density at radius 2 is 2.07 bits per heavy atom. The van der Waals surface area contributed by atoms with Crippen LogP contribution in [0.4, 0.5) is 0 Å². The fourth-order valence-electron chi connectivity index (χ4n) is 1.76. The van der Waals surface area contributed by atoms with Gasteiger partial charge in [-0.3, -0.25) is 0 Å². The second-order valence-corrected chi connectivity index (χ2v) is 4.41. The van der Waals surface area contributed by atoms with E-state index in [1.807, 2.05) is 26.0 Å².